The highest BCUT2D eigenvalue weighted by atomic mass is 32.2. The molecule has 0 radical (unpaired) electrons. The van der Waals surface area contributed by atoms with E-state index in [1.165, 1.54) is 4.90 Å². The molecule has 2 aromatic heterocycles. The molecule has 3 aromatic carbocycles. The molecule has 1 aliphatic heterocycles. The van der Waals surface area contributed by atoms with Gasteiger partial charge in [0.25, 0.3) is 5.91 Å². The van der Waals surface area contributed by atoms with Crippen LogP contribution in [0.4, 0.5) is 5.69 Å². The number of fused-ring (bicyclic) bond motifs is 1. The van der Waals surface area contributed by atoms with Crippen molar-refractivity contribution in [2.45, 2.75) is 23.8 Å². The van der Waals surface area contributed by atoms with Crippen LogP contribution in [0.1, 0.15) is 18.2 Å². The van der Waals surface area contributed by atoms with Crippen molar-refractivity contribution in [3.63, 3.8) is 0 Å². The van der Waals surface area contributed by atoms with Gasteiger partial charge < -0.3 is 4.74 Å². The summed E-state index contributed by atoms with van der Waals surface area (Å²) in [4.78, 5) is 25.2. The average Bonchev–Trinajstić information content (AvgIpc) is 3.44. The Bertz CT molecular complexity index is 1770. The number of hydrogen-bond donors (Lipinski definition) is 1. The zero-order chi connectivity index (χ0) is 27.6. The summed E-state index contributed by atoms with van der Waals surface area (Å²) in [6.45, 7) is 4.43. The summed E-state index contributed by atoms with van der Waals surface area (Å²) in [5.74, 6) is 0.476. The van der Waals surface area contributed by atoms with Crippen molar-refractivity contribution < 1.29 is 9.53 Å². The number of aryl methyl sites for hydroxylation is 1. The average molecular weight is 564 g/mol. The Kier molecular flexibility index (Phi) is 7.15. The minimum Gasteiger partial charge on any atom is -0.494 e. The molecule has 7 nitrogen and oxygen atoms in total. The molecular formula is C31H25N5O2S2. The Morgan fingerprint density at radius 3 is 2.50 bits per heavy atom. The van der Waals surface area contributed by atoms with Gasteiger partial charge in [0.2, 0.25) is 0 Å². The zero-order valence-corrected chi connectivity index (χ0v) is 23.6. The third-order valence-corrected chi connectivity index (χ3v) is 7.83. The van der Waals surface area contributed by atoms with Gasteiger partial charge >= 0.3 is 0 Å². The van der Waals surface area contributed by atoms with Crippen molar-refractivity contribution in [3.8, 4) is 11.4 Å². The number of nitrogens with zero attached hydrogens (tertiary/aromatic N) is 5. The molecular weight excluding hydrogens is 539 g/mol. The molecule has 1 amide bonds. The molecule has 0 N–H and O–H groups in total. The first-order valence-electron chi connectivity index (χ1n) is 12.8. The Hall–Kier alpha value is -4.34. The maximum atomic E-state index is 13.6. The normalized spacial score (nSPS) is 14.3. The lowest BCUT2D eigenvalue weighted by Crippen LogP contribution is -2.28. The highest BCUT2D eigenvalue weighted by molar-refractivity contribution is 7.99. The number of aromatic nitrogens is 3. The third-order valence-electron chi connectivity index (χ3n) is 6.40. The van der Waals surface area contributed by atoms with Crippen molar-refractivity contribution in [1.82, 2.24) is 14.8 Å². The fourth-order valence-electron chi connectivity index (χ4n) is 4.52. The number of para-hydroxylation sites is 2. The summed E-state index contributed by atoms with van der Waals surface area (Å²) in [6.07, 6.45) is 3.60. The molecule has 0 atom stereocenters. The molecule has 5 aromatic rings. The van der Waals surface area contributed by atoms with Gasteiger partial charge in [-0.3, -0.25) is 14.7 Å². The number of amidine groups is 1. The first-order chi connectivity index (χ1) is 19.5. The van der Waals surface area contributed by atoms with Gasteiger partial charge in [-0.25, -0.2) is 9.67 Å². The Balaban J connectivity index is 1.43. The summed E-state index contributed by atoms with van der Waals surface area (Å²) in [5, 5.41) is 7.09. The summed E-state index contributed by atoms with van der Waals surface area (Å²) in [5.41, 5.74) is 4.35. The van der Waals surface area contributed by atoms with Crippen LogP contribution in [0.2, 0.25) is 0 Å². The maximum absolute atomic E-state index is 13.6. The van der Waals surface area contributed by atoms with Crippen molar-refractivity contribution in [1.29, 1.82) is 0 Å². The predicted octanol–water partition coefficient (Wildman–Crippen LogP) is 6.95. The lowest BCUT2D eigenvalue weighted by atomic mass is 10.2. The number of anilines is 1. The third kappa shape index (κ3) is 4.89. The van der Waals surface area contributed by atoms with Crippen molar-refractivity contribution >= 4 is 58.1 Å². The standard InChI is InChI=1S/C31H25N5O2S2/c1-3-38-24-16-14-22(15-17-24)35-29(37)26(33-31(35)39)19-25-20(2)34-36(23-11-5-4-6-12-23)30(25)40-27-13-7-9-21-10-8-18-32-28(21)27/h4-19H,3H2,1-2H3,(H,33,39)/b26-19+. The lowest BCUT2D eigenvalue weighted by Gasteiger charge is -2.15. The van der Waals surface area contributed by atoms with E-state index in [4.69, 9.17) is 9.84 Å². The van der Waals surface area contributed by atoms with E-state index in [2.05, 4.69) is 22.6 Å². The van der Waals surface area contributed by atoms with Gasteiger partial charge in [-0.15, -0.1) is 12.6 Å². The maximum Gasteiger partial charge on any atom is 0.283 e. The summed E-state index contributed by atoms with van der Waals surface area (Å²) in [6, 6.07) is 27.3. The predicted molar refractivity (Wildman–Crippen MR) is 164 cm³/mol. The van der Waals surface area contributed by atoms with Crippen LogP contribution >= 0.6 is 24.4 Å². The second-order valence-corrected chi connectivity index (χ2v) is 10.4. The van der Waals surface area contributed by atoms with Crippen LogP contribution in [-0.4, -0.2) is 32.4 Å². The molecule has 0 aliphatic carbocycles. The van der Waals surface area contributed by atoms with Crippen LogP contribution in [-0.2, 0) is 4.79 Å². The highest BCUT2D eigenvalue weighted by Gasteiger charge is 2.31. The molecule has 0 saturated heterocycles. The van der Waals surface area contributed by atoms with E-state index >= 15 is 0 Å². The van der Waals surface area contributed by atoms with Gasteiger partial charge in [0.05, 0.1) is 29.2 Å². The van der Waals surface area contributed by atoms with E-state index in [1.54, 1.807) is 24.0 Å². The van der Waals surface area contributed by atoms with Crippen LogP contribution in [0.25, 0.3) is 22.7 Å². The number of hydrogen-bond acceptors (Lipinski definition) is 6. The molecule has 9 heteroatoms. The fraction of sp³-hybridized carbons (Fsp3) is 0.0968. The van der Waals surface area contributed by atoms with Crippen molar-refractivity contribution in [2.24, 2.45) is 4.99 Å². The minimum absolute atomic E-state index is 0.260. The smallest absolute Gasteiger partial charge is 0.283 e. The number of aliphatic imine (C=N–C) groups is 1. The van der Waals surface area contributed by atoms with Gasteiger partial charge in [-0.05, 0) is 68.5 Å². The number of amides is 1. The summed E-state index contributed by atoms with van der Waals surface area (Å²) in [7, 11) is 0. The largest absolute Gasteiger partial charge is 0.494 e. The van der Waals surface area contributed by atoms with Gasteiger partial charge in [-0.1, -0.05) is 48.2 Å². The van der Waals surface area contributed by atoms with Crippen LogP contribution in [0.15, 0.2) is 112 Å². The topological polar surface area (TPSA) is 72.6 Å². The van der Waals surface area contributed by atoms with E-state index in [0.29, 0.717) is 17.5 Å². The van der Waals surface area contributed by atoms with E-state index < -0.39 is 0 Å². The van der Waals surface area contributed by atoms with Gasteiger partial charge in [0.15, 0.2) is 5.17 Å². The highest BCUT2D eigenvalue weighted by Crippen LogP contribution is 2.39. The molecule has 0 saturated carbocycles. The molecule has 6 rings (SSSR count). The SMILES string of the molecule is CCOc1ccc(N2C(=O)/C(=C\c3c(C)nn(-c4ccccc4)c3Sc3cccc4cccnc34)N=C2S)cc1. The lowest BCUT2D eigenvalue weighted by molar-refractivity contribution is -0.113. The quantitative estimate of drug-likeness (QED) is 0.171. The number of thiol groups is 1. The van der Waals surface area contributed by atoms with E-state index in [-0.39, 0.29) is 11.6 Å². The summed E-state index contributed by atoms with van der Waals surface area (Å²) < 4.78 is 7.44. The Morgan fingerprint density at radius 2 is 1.73 bits per heavy atom. The second-order valence-electron chi connectivity index (χ2n) is 8.99. The zero-order valence-electron chi connectivity index (χ0n) is 21.9. The molecule has 0 unspecified atom stereocenters. The molecule has 198 valence electrons. The fourth-order valence-corrected chi connectivity index (χ4v) is 6.01. The van der Waals surface area contributed by atoms with Crippen LogP contribution in [0.5, 0.6) is 5.75 Å². The summed E-state index contributed by atoms with van der Waals surface area (Å²) >= 11 is 6.10. The first kappa shape index (κ1) is 25.9. The molecule has 0 spiro atoms. The van der Waals surface area contributed by atoms with E-state index in [9.17, 15) is 4.79 Å². The van der Waals surface area contributed by atoms with E-state index in [1.807, 2.05) is 103 Å². The van der Waals surface area contributed by atoms with Crippen molar-refractivity contribution in [3.05, 3.63) is 108 Å². The number of carbonyl (C=O) groups excluding carboxylic acids is 1. The Labute approximate surface area is 241 Å². The molecule has 0 bridgehead atoms. The number of ether oxygens (including phenoxy) is 1. The van der Waals surface area contributed by atoms with Crippen molar-refractivity contribution in [2.75, 3.05) is 11.5 Å². The van der Waals surface area contributed by atoms with Crippen LogP contribution in [0, 0.1) is 6.92 Å². The monoisotopic (exact) mass is 563 g/mol. The first-order valence-corrected chi connectivity index (χ1v) is 14.0. The number of pyridine rings is 1. The van der Waals surface area contributed by atoms with Crippen LogP contribution < -0.4 is 9.64 Å². The molecule has 3 heterocycles. The molecule has 40 heavy (non-hydrogen) atoms. The molecule has 0 fully saturated rings. The number of rotatable bonds is 7. The Morgan fingerprint density at radius 1 is 0.950 bits per heavy atom. The van der Waals surface area contributed by atoms with Gasteiger partial charge in [-0.2, -0.15) is 5.10 Å². The minimum atomic E-state index is -0.260. The number of carbonyl (C=O) groups is 1. The number of benzene rings is 3. The second kappa shape index (κ2) is 11.0. The molecule has 1 aliphatic rings. The van der Waals surface area contributed by atoms with Gasteiger partial charge in [0, 0.05) is 22.0 Å². The van der Waals surface area contributed by atoms with Gasteiger partial charge in [0.1, 0.15) is 16.5 Å². The van der Waals surface area contributed by atoms with E-state index in [0.717, 1.165) is 43.5 Å². The van der Waals surface area contributed by atoms with Crippen LogP contribution in [0.3, 0.4) is 0 Å².